The quantitative estimate of drug-likeness (QED) is 0.861. The van der Waals surface area contributed by atoms with E-state index in [1.54, 1.807) is 16.9 Å². The highest BCUT2D eigenvalue weighted by Crippen LogP contribution is 2.24. The summed E-state index contributed by atoms with van der Waals surface area (Å²) in [5, 5.41) is 10.3. The molecule has 0 spiro atoms. The van der Waals surface area contributed by atoms with Crippen LogP contribution in [0.4, 0.5) is 11.5 Å². The second kappa shape index (κ2) is 4.76. The number of carbonyl (C=O) groups excluding carboxylic acids is 1. The first-order chi connectivity index (χ1) is 9.22. The molecule has 1 aliphatic heterocycles. The number of rotatable bonds is 2. The predicted molar refractivity (Wildman–Crippen MR) is 74.0 cm³/mol. The highest BCUT2D eigenvalue weighted by Gasteiger charge is 2.23. The van der Waals surface area contributed by atoms with Crippen molar-refractivity contribution in [3.63, 3.8) is 0 Å². The number of carbonyl (C=O) groups is 1. The lowest BCUT2D eigenvalue weighted by Crippen LogP contribution is -2.37. The van der Waals surface area contributed by atoms with E-state index in [-0.39, 0.29) is 11.9 Å². The first-order valence-corrected chi connectivity index (χ1v) is 6.37. The van der Waals surface area contributed by atoms with Crippen LogP contribution in [-0.4, -0.2) is 21.7 Å². The monoisotopic (exact) mass is 256 g/mol. The van der Waals surface area contributed by atoms with Crippen LogP contribution >= 0.6 is 0 Å². The fraction of sp³-hybridized carbons (Fsp3) is 0.286. The van der Waals surface area contributed by atoms with E-state index in [4.69, 9.17) is 0 Å². The highest BCUT2D eigenvalue weighted by molar-refractivity contribution is 5.96. The Hall–Kier alpha value is -2.30. The van der Waals surface area contributed by atoms with Gasteiger partial charge in [0, 0.05) is 25.0 Å². The van der Waals surface area contributed by atoms with E-state index >= 15 is 0 Å². The average molecular weight is 256 g/mol. The normalized spacial score (nSPS) is 17.4. The van der Waals surface area contributed by atoms with Crippen molar-refractivity contribution in [2.24, 2.45) is 7.05 Å². The molecule has 1 unspecified atom stereocenters. The van der Waals surface area contributed by atoms with Crippen molar-refractivity contribution in [1.29, 1.82) is 0 Å². The molecule has 3 rings (SSSR count). The largest absolute Gasteiger partial charge is 0.373 e. The van der Waals surface area contributed by atoms with Gasteiger partial charge in [0.05, 0.1) is 0 Å². The Labute approximate surface area is 111 Å². The minimum absolute atomic E-state index is 0.0341. The van der Waals surface area contributed by atoms with E-state index in [0.29, 0.717) is 5.82 Å². The Morgan fingerprint density at radius 2 is 2.26 bits per heavy atom. The van der Waals surface area contributed by atoms with Gasteiger partial charge in [0.2, 0.25) is 5.91 Å². The van der Waals surface area contributed by atoms with Crippen LogP contribution in [0.5, 0.6) is 0 Å². The van der Waals surface area contributed by atoms with Gasteiger partial charge in [0.15, 0.2) is 5.82 Å². The number of aryl methyl sites for hydroxylation is 2. The lowest BCUT2D eigenvalue weighted by Gasteiger charge is -2.25. The minimum atomic E-state index is -0.197. The Kier molecular flexibility index (Phi) is 2.95. The number of hydrogen-bond acceptors (Lipinski definition) is 3. The lowest BCUT2D eigenvalue weighted by atomic mass is 9.98. The first-order valence-electron chi connectivity index (χ1n) is 6.37. The Morgan fingerprint density at radius 1 is 1.42 bits per heavy atom. The number of hydrogen-bond donors (Lipinski definition) is 2. The van der Waals surface area contributed by atoms with Crippen LogP contribution in [0.1, 0.15) is 12.0 Å². The van der Waals surface area contributed by atoms with Gasteiger partial charge in [-0.25, -0.2) is 0 Å². The van der Waals surface area contributed by atoms with Crippen LogP contribution in [0.15, 0.2) is 36.5 Å². The number of para-hydroxylation sites is 1. The molecule has 2 aromatic rings. The molecular formula is C14H16N4O. The standard InChI is InChI=1S/C14H16N4O/c1-18-9-8-13(17-18)16-14(19)12-7-6-10-4-2-3-5-11(10)15-12/h2-5,8-9,12,15H,6-7H2,1H3,(H,16,17,19). The van der Waals surface area contributed by atoms with Crippen molar-refractivity contribution in [2.45, 2.75) is 18.9 Å². The highest BCUT2D eigenvalue weighted by atomic mass is 16.2. The zero-order valence-corrected chi connectivity index (χ0v) is 10.8. The molecule has 1 aliphatic rings. The molecule has 19 heavy (non-hydrogen) atoms. The van der Waals surface area contributed by atoms with Gasteiger partial charge in [-0.15, -0.1) is 0 Å². The number of benzene rings is 1. The van der Waals surface area contributed by atoms with Crippen molar-refractivity contribution in [2.75, 3.05) is 10.6 Å². The van der Waals surface area contributed by atoms with E-state index in [9.17, 15) is 4.79 Å². The van der Waals surface area contributed by atoms with Crippen LogP contribution in [0.2, 0.25) is 0 Å². The van der Waals surface area contributed by atoms with E-state index in [0.717, 1.165) is 18.5 Å². The summed E-state index contributed by atoms with van der Waals surface area (Å²) in [6, 6.07) is 9.69. The number of nitrogens with one attached hydrogen (secondary N) is 2. The molecule has 0 radical (unpaired) electrons. The molecule has 5 heteroatoms. The molecule has 2 heterocycles. The summed E-state index contributed by atoms with van der Waals surface area (Å²) >= 11 is 0. The SMILES string of the molecule is Cn1ccc(NC(=O)C2CCc3ccccc3N2)n1. The van der Waals surface area contributed by atoms with Crippen LogP contribution in [0, 0.1) is 0 Å². The summed E-state index contributed by atoms with van der Waals surface area (Å²) in [6.07, 6.45) is 3.53. The molecular weight excluding hydrogens is 240 g/mol. The van der Waals surface area contributed by atoms with Crippen molar-refractivity contribution in [1.82, 2.24) is 9.78 Å². The molecule has 98 valence electrons. The van der Waals surface area contributed by atoms with Gasteiger partial charge < -0.3 is 10.6 Å². The summed E-state index contributed by atoms with van der Waals surface area (Å²) in [5.41, 5.74) is 2.32. The Morgan fingerprint density at radius 3 is 3.05 bits per heavy atom. The molecule has 0 aliphatic carbocycles. The fourth-order valence-electron chi connectivity index (χ4n) is 2.33. The summed E-state index contributed by atoms with van der Waals surface area (Å²) in [7, 11) is 1.82. The first kappa shape index (κ1) is 11.8. The number of fused-ring (bicyclic) bond motifs is 1. The maximum Gasteiger partial charge on any atom is 0.248 e. The predicted octanol–water partition coefficient (Wildman–Crippen LogP) is 1.79. The molecule has 0 saturated carbocycles. The molecule has 0 bridgehead atoms. The molecule has 1 amide bonds. The number of anilines is 2. The smallest absolute Gasteiger partial charge is 0.248 e. The molecule has 1 atom stereocenters. The Balaban J connectivity index is 1.69. The summed E-state index contributed by atoms with van der Waals surface area (Å²) in [6.45, 7) is 0. The minimum Gasteiger partial charge on any atom is -0.373 e. The molecule has 5 nitrogen and oxygen atoms in total. The van der Waals surface area contributed by atoms with Crippen molar-refractivity contribution < 1.29 is 4.79 Å². The van der Waals surface area contributed by atoms with Crippen LogP contribution in [-0.2, 0) is 18.3 Å². The number of aromatic nitrogens is 2. The molecule has 2 N–H and O–H groups in total. The van der Waals surface area contributed by atoms with Crippen LogP contribution in [0.25, 0.3) is 0 Å². The van der Waals surface area contributed by atoms with E-state index in [1.165, 1.54) is 5.56 Å². The molecule has 0 saturated heterocycles. The van der Waals surface area contributed by atoms with Gasteiger partial charge in [-0.2, -0.15) is 5.10 Å². The maximum absolute atomic E-state index is 12.2. The zero-order valence-electron chi connectivity index (χ0n) is 10.8. The summed E-state index contributed by atoms with van der Waals surface area (Å²) in [5.74, 6) is 0.557. The third-order valence-electron chi connectivity index (χ3n) is 3.33. The Bertz CT molecular complexity index is 605. The van der Waals surface area contributed by atoms with Gasteiger partial charge in [0.1, 0.15) is 6.04 Å². The molecule has 0 fully saturated rings. The molecule has 1 aromatic carbocycles. The van der Waals surface area contributed by atoms with E-state index in [1.807, 2.05) is 25.2 Å². The van der Waals surface area contributed by atoms with Gasteiger partial charge >= 0.3 is 0 Å². The van der Waals surface area contributed by atoms with Crippen LogP contribution in [0.3, 0.4) is 0 Å². The second-order valence-electron chi connectivity index (χ2n) is 4.76. The fourth-order valence-corrected chi connectivity index (χ4v) is 2.33. The van der Waals surface area contributed by atoms with Crippen molar-refractivity contribution in [3.05, 3.63) is 42.1 Å². The van der Waals surface area contributed by atoms with Crippen molar-refractivity contribution in [3.8, 4) is 0 Å². The number of amides is 1. The van der Waals surface area contributed by atoms with Crippen molar-refractivity contribution >= 4 is 17.4 Å². The summed E-state index contributed by atoms with van der Waals surface area (Å²) in [4.78, 5) is 12.2. The van der Waals surface area contributed by atoms with Gasteiger partial charge in [-0.3, -0.25) is 9.48 Å². The zero-order chi connectivity index (χ0) is 13.2. The van der Waals surface area contributed by atoms with Gasteiger partial charge in [0.25, 0.3) is 0 Å². The second-order valence-corrected chi connectivity index (χ2v) is 4.76. The summed E-state index contributed by atoms with van der Waals surface area (Å²) < 4.78 is 1.67. The maximum atomic E-state index is 12.2. The van der Waals surface area contributed by atoms with Crippen LogP contribution < -0.4 is 10.6 Å². The third-order valence-corrected chi connectivity index (χ3v) is 3.33. The average Bonchev–Trinajstić information content (AvgIpc) is 2.83. The van der Waals surface area contributed by atoms with Gasteiger partial charge in [-0.1, -0.05) is 18.2 Å². The van der Waals surface area contributed by atoms with E-state index < -0.39 is 0 Å². The number of nitrogens with zero attached hydrogens (tertiary/aromatic N) is 2. The van der Waals surface area contributed by atoms with E-state index in [2.05, 4.69) is 21.8 Å². The third kappa shape index (κ3) is 2.45. The topological polar surface area (TPSA) is 59.0 Å². The van der Waals surface area contributed by atoms with Gasteiger partial charge in [-0.05, 0) is 24.5 Å². The molecule has 1 aromatic heterocycles. The lowest BCUT2D eigenvalue weighted by molar-refractivity contribution is -0.117.